The molecule has 0 fully saturated rings. The first-order valence-electron chi connectivity index (χ1n) is 10.5. The first-order valence-corrected chi connectivity index (χ1v) is 10.5. The summed E-state index contributed by atoms with van der Waals surface area (Å²) >= 11 is 0. The molecular weight excluding hydrogens is 545 g/mol. The van der Waals surface area contributed by atoms with Gasteiger partial charge in [0.2, 0.25) is 5.91 Å². The molecule has 182 valence electrons. The van der Waals surface area contributed by atoms with Gasteiger partial charge in [-0.2, -0.15) is 8.78 Å². The van der Waals surface area contributed by atoms with E-state index in [1.54, 1.807) is 0 Å². The Bertz CT molecular complexity index is 865. The van der Waals surface area contributed by atoms with E-state index in [4.69, 9.17) is 0 Å². The van der Waals surface area contributed by atoms with Crippen molar-refractivity contribution >= 4 is 41.5 Å². The van der Waals surface area contributed by atoms with E-state index in [0.717, 1.165) is 17.7 Å². The molecule has 10 heteroatoms. The number of rotatable bonds is 11. The van der Waals surface area contributed by atoms with Crippen molar-refractivity contribution in [2.45, 2.75) is 45.9 Å². The standard InChI is InChI=1S/C23H30F2N4O3.HI/c1-3-5-21(31)29-18-10-6-16(7-11-18)14-27-23(26-4-2)28-15-20(30)17-8-12-19(13-9-17)32-22(24)25;/h6-13,20,22,30H,3-5,14-15H2,1-2H3,(H,29,31)(H2,26,27,28);1H. The van der Waals surface area contributed by atoms with Gasteiger partial charge in [-0.3, -0.25) is 4.79 Å². The number of hydrogen-bond donors (Lipinski definition) is 4. The molecule has 33 heavy (non-hydrogen) atoms. The zero-order valence-corrected chi connectivity index (χ0v) is 21.0. The molecule has 4 N–H and O–H groups in total. The number of carbonyl (C=O) groups excluding carboxylic acids is 1. The third kappa shape index (κ3) is 10.8. The number of guanidine groups is 1. The third-order valence-corrected chi connectivity index (χ3v) is 4.43. The first-order chi connectivity index (χ1) is 15.4. The Hall–Kier alpha value is -2.47. The molecule has 0 saturated carbocycles. The maximum absolute atomic E-state index is 12.2. The quantitative estimate of drug-likeness (QED) is 0.181. The highest BCUT2D eigenvalue weighted by atomic mass is 127. The molecule has 0 aliphatic heterocycles. The summed E-state index contributed by atoms with van der Waals surface area (Å²) in [4.78, 5) is 16.2. The van der Waals surface area contributed by atoms with E-state index < -0.39 is 12.7 Å². The molecule has 1 amide bonds. The predicted molar refractivity (Wildman–Crippen MR) is 136 cm³/mol. The lowest BCUT2D eigenvalue weighted by molar-refractivity contribution is -0.116. The average Bonchev–Trinajstić information content (AvgIpc) is 2.76. The minimum atomic E-state index is -2.89. The summed E-state index contributed by atoms with van der Waals surface area (Å²) in [6.45, 7) is 2.24. The van der Waals surface area contributed by atoms with E-state index in [0.29, 0.717) is 31.0 Å². The molecule has 0 bridgehead atoms. The monoisotopic (exact) mass is 576 g/mol. The van der Waals surface area contributed by atoms with Gasteiger partial charge in [0.15, 0.2) is 5.96 Å². The second kappa shape index (κ2) is 15.4. The molecule has 0 aromatic heterocycles. The number of aliphatic hydroxyl groups is 1. The van der Waals surface area contributed by atoms with E-state index in [1.807, 2.05) is 38.1 Å². The molecule has 0 aliphatic rings. The molecule has 0 heterocycles. The molecule has 0 spiro atoms. The molecule has 2 rings (SSSR count). The van der Waals surface area contributed by atoms with Crippen LogP contribution >= 0.6 is 24.0 Å². The van der Waals surface area contributed by atoms with Crippen LogP contribution in [0.5, 0.6) is 5.75 Å². The van der Waals surface area contributed by atoms with Gasteiger partial charge in [-0.15, -0.1) is 24.0 Å². The fraction of sp³-hybridized carbons (Fsp3) is 0.391. The number of aliphatic hydroxyl groups excluding tert-OH is 1. The number of nitrogens with one attached hydrogen (secondary N) is 3. The summed E-state index contributed by atoms with van der Waals surface area (Å²) in [7, 11) is 0. The number of halogens is 3. The van der Waals surface area contributed by atoms with Crippen molar-refractivity contribution < 1.29 is 23.4 Å². The molecule has 2 aromatic carbocycles. The number of anilines is 1. The lowest BCUT2D eigenvalue weighted by Gasteiger charge is -2.16. The fourth-order valence-corrected chi connectivity index (χ4v) is 2.84. The number of alkyl halides is 2. The van der Waals surface area contributed by atoms with E-state index in [1.165, 1.54) is 24.3 Å². The predicted octanol–water partition coefficient (Wildman–Crippen LogP) is 4.43. The molecule has 7 nitrogen and oxygen atoms in total. The van der Waals surface area contributed by atoms with Crippen molar-refractivity contribution in [3.63, 3.8) is 0 Å². The Labute approximate surface area is 210 Å². The number of nitrogens with zero attached hydrogens (tertiary/aromatic N) is 1. The lowest BCUT2D eigenvalue weighted by Crippen LogP contribution is -2.39. The van der Waals surface area contributed by atoms with Gasteiger partial charge in [0.1, 0.15) is 5.75 Å². The van der Waals surface area contributed by atoms with Crippen LogP contribution in [0.4, 0.5) is 14.5 Å². The number of carbonyl (C=O) groups is 1. The summed E-state index contributed by atoms with van der Waals surface area (Å²) in [5.74, 6) is 0.561. The zero-order chi connectivity index (χ0) is 23.3. The van der Waals surface area contributed by atoms with Crippen molar-refractivity contribution in [3.8, 4) is 5.75 Å². The van der Waals surface area contributed by atoms with Crippen LogP contribution in [0.25, 0.3) is 0 Å². The summed E-state index contributed by atoms with van der Waals surface area (Å²) in [6, 6.07) is 13.3. The highest BCUT2D eigenvalue weighted by Gasteiger charge is 2.10. The fourth-order valence-electron chi connectivity index (χ4n) is 2.84. The maximum atomic E-state index is 12.2. The van der Waals surface area contributed by atoms with Crippen LogP contribution in [0.1, 0.15) is 43.9 Å². The normalized spacial score (nSPS) is 12.0. The van der Waals surface area contributed by atoms with Crippen molar-refractivity contribution in [1.82, 2.24) is 10.6 Å². The van der Waals surface area contributed by atoms with E-state index >= 15 is 0 Å². The molecular formula is C23H31F2IN4O3. The maximum Gasteiger partial charge on any atom is 0.387 e. The van der Waals surface area contributed by atoms with Crippen LogP contribution in [-0.4, -0.2) is 36.7 Å². The average molecular weight is 576 g/mol. The van der Waals surface area contributed by atoms with Gasteiger partial charge in [-0.25, -0.2) is 4.99 Å². The molecule has 1 atom stereocenters. The van der Waals surface area contributed by atoms with Gasteiger partial charge < -0.3 is 25.8 Å². The van der Waals surface area contributed by atoms with Crippen molar-refractivity contribution in [1.29, 1.82) is 0 Å². The smallest absolute Gasteiger partial charge is 0.387 e. The Morgan fingerprint density at radius 3 is 2.30 bits per heavy atom. The highest BCUT2D eigenvalue weighted by Crippen LogP contribution is 2.19. The van der Waals surface area contributed by atoms with Crippen LogP contribution < -0.4 is 20.7 Å². The first kappa shape index (κ1) is 28.6. The van der Waals surface area contributed by atoms with Crippen molar-refractivity contribution in [2.75, 3.05) is 18.4 Å². The van der Waals surface area contributed by atoms with Crippen LogP contribution in [0, 0.1) is 0 Å². The number of hydrogen-bond acceptors (Lipinski definition) is 4. The van der Waals surface area contributed by atoms with Gasteiger partial charge in [0.05, 0.1) is 12.6 Å². The summed E-state index contributed by atoms with van der Waals surface area (Å²) in [5, 5.41) is 19.4. The summed E-state index contributed by atoms with van der Waals surface area (Å²) < 4.78 is 28.8. The van der Waals surface area contributed by atoms with E-state index in [-0.39, 0.29) is 42.2 Å². The molecule has 0 aliphatic carbocycles. The van der Waals surface area contributed by atoms with Crippen molar-refractivity contribution in [3.05, 3.63) is 59.7 Å². The Balaban J connectivity index is 0.00000544. The van der Waals surface area contributed by atoms with E-state index in [9.17, 15) is 18.7 Å². The summed E-state index contributed by atoms with van der Waals surface area (Å²) in [6.07, 6.45) is 0.431. The van der Waals surface area contributed by atoms with Crippen molar-refractivity contribution in [2.24, 2.45) is 4.99 Å². The van der Waals surface area contributed by atoms with Gasteiger partial charge in [0, 0.05) is 25.2 Å². The SMILES string of the molecule is CCCC(=O)Nc1ccc(CN=C(NCC)NCC(O)c2ccc(OC(F)F)cc2)cc1.I. The number of benzene rings is 2. The second-order valence-electron chi connectivity index (χ2n) is 7.03. The van der Waals surface area contributed by atoms with Crippen LogP contribution in [0.15, 0.2) is 53.5 Å². The van der Waals surface area contributed by atoms with Gasteiger partial charge in [-0.1, -0.05) is 31.2 Å². The molecule has 0 radical (unpaired) electrons. The molecule has 2 aromatic rings. The number of ether oxygens (including phenoxy) is 1. The van der Waals surface area contributed by atoms with Crippen LogP contribution in [-0.2, 0) is 11.3 Å². The number of amides is 1. The highest BCUT2D eigenvalue weighted by molar-refractivity contribution is 14.0. The Kier molecular flexibility index (Phi) is 13.3. The zero-order valence-electron chi connectivity index (χ0n) is 18.7. The van der Waals surface area contributed by atoms with Crippen LogP contribution in [0.3, 0.4) is 0 Å². The third-order valence-electron chi connectivity index (χ3n) is 4.43. The van der Waals surface area contributed by atoms with Gasteiger partial charge in [0.25, 0.3) is 0 Å². The second-order valence-corrected chi connectivity index (χ2v) is 7.03. The summed E-state index contributed by atoms with van der Waals surface area (Å²) in [5.41, 5.74) is 2.27. The molecule has 0 saturated heterocycles. The Morgan fingerprint density at radius 1 is 1.06 bits per heavy atom. The van der Waals surface area contributed by atoms with E-state index in [2.05, 4.69) is 25.7 Å². The largest absolute Gasteiger partial charge is 0.435 e. The van der Waals surface area contributed by atoms with Crippen LogP contribution in [0.2, 0.25) is 0 Å². The minimum Gasteiger partial charge on any atom is -0.435 e. The molecule has 1 unspecified atom stereocenters. The number of aliphatic imine (C=N–C) groups is 1. The van der Waals surface area contributed by atoms with Gasteiger partial charge in [-0.05, 0) is 48.7 Å². The lowest BCUT2D eigenvalue weighted by atomic mass is 10.1. The van der Waals surface area contributed by atoms with Gasteiger partial charge >= 0.3 is 6.61 Å². The topological polar surface area (TPSA) is 95.0 Å². The minimum absolute atomic E-state index is 0. The Morgan fingerprint density at radius 2 is 1.73 bits per heavy atom.